The minimum Gasteiger partial charge on any atom is -0.360 e. The lowest BCUT2D eigenvalue weighted by atomic mass is 10.1. The first kappa shape index (κ1) is 17.3. The highest BCUT2D eigenvalue weighted by molar-refractivity contribution is 6.06. The lowest BCUT2D eigenvalue weighted by Crippen LogP contribution is -2.37. The van der Waals surface area contributed by atoms with Crippen LogP contribution in [-0.2, 0) is 0 Å². The maximum absolute atomic E-state index is 13.0. The fourth-order valence-electron chi connectivity index (χ4n) is 3.73. The molecule has 5 heteroatoms. The topological polar surface area (TPSA) is 56.4 Å². The Morgan fingerprint density at radius 1 is 0.815 bits per heavy atom. The Hall–Kier alpha value is -3.08. The largest absolute Gasteiger partial charge is 0.360 e. The molecule has 5 nitrogen and oxygen atoms in total. The van der Waals surface area contributed by atoms with Crippen LogP contribution in [0.4, 0.5) is 0 Å². The van der Waals surface area contributed by atoms with E-state index in [4.69, 9.17) is 0 Å². The average molecular weight is 361 g/mol. The Kier molecular flexibility index (Phi) is 4.67. The van der Waals surface area contributed by atoms with Gasteiger partial charge in [0.05, 0.1) is 5.56 Å². The van der Waals surface area contributed by atoms with E-state index >= 15 is 0 Å². The van der Waals surface area contributed by atoms with Crippen LogP contribution in [0.5, 0.6) is 0 Å². The van der Waals surface area contributed by atoms with Gasteiger partial charge in [-0.25, -0.2) is 0 Å². The fourth-order valence-corrected chi connectivity index (χ4v) is 3.73. The summed E-state index contributed by atoms with van der Waals surface area (Å²) in [5, 5.41) is 0.944. The van der Waals surface area contributed by atoms with Crippen molar-refractivity contribution >= 4 is 22.7 Å². The van der Waals surface area contributed by atoms with Crippen LogP contribution in [0.1, 0.15) is 32.7 Å². The highest BCUT2D eigenvalue weighted by Gasteiger charge is 2.25. The molecule has 2 heterocycles. The van der Waals surface area contributed by atoms with Crippen molar-refractivity contribution in [2.24, 2.45) is 0 Å². The number of aryl methyl sites for hydroxylation is 1. The number of aromatic amines is 1. The average Bonchev–Trinajstić information content (AvgIpc) is 2.96. The predicted octanol–water partition coefficient (Wildman–Crippen LogP) is 3.46. The van der Waals surface area contributed by atoms with E-state index in [2.05, 4.69) is 4.98 Å². The van der Waals surface area contributed by atoms with Crippen molar-refractivity contribution in [1.82, 2.24) is 14.8 Å². The third kappa shape index (κ3) is 3.33. The van der Waals surface area contributed by atoms with Gasteiger partial charge in [-0.3, -0.25) is 9.59 Å². The number of nitrogens with one attached hydrogen (secondary N) is 1. The summed E-state index contributed by atoms with van der Waals surface area (Å²) in [6, 6.07) is 15.5. The molecule has 1 N–H and O–H groups in total. The number of hydrogen-bond acceptors (Lipinski definition) is 2. The summed E-state index contributed by atoms with van der Waals surface area (Å²) in [5.41, 5.74) is 3.39. The summed E-state index contributed by atoms with van der Waals surface area (Å²) < 4.78 is 0. The zero-order valence-corrected chi connectivity index (χ0v) is 15.4. The molecule has 27 heavy (non-hydrogen) atoms. The first-order chi connectivity index (χ1) is 13.1. The van der Waals surface area contributed by atoms with Gasteiger partial charge in [-0.05, 0) is 31.0 Å². The Labute approximate surface area is 158 Å². The summed E-state index contributed by atoms with van der Waals surface area (Å²) in [5.74, 6) is 0.0760. The molecule has 1 aliphatic rings. The summed E-state index contributed by atoms with van der Waals surface area (Å²) in [6.07, 6.45) is 2.57. The van der Waals surface area contributed by atoms with Gasteiger partial charge in [0.2, 0.25) is 0 Å². The molecule has 0 radical (unpaired) electrons. The number of carbonyl (C=O) groups excluding carboxylic acids is 2. The normalized spacial score (nSPS) is 15.0. The van der Waals surface area contributed by atoms with Crippen molar-refractivity contribution in [3.05, 3.63) is 71.4 Å². The van der Waals surface area contributed by atoms with E-state index in [1.54, 1.807) is 6.20 Å². The number of fused-ring (bicyclic) bond motifs is 1. The molecule has 0 aliphatic carbocycles. The Bertz CT molecular complexity index is 992. The zero-order valence-electron chi connectivity index (χ0n) is 15.4. The van der Waals surface area contributed by atoms with E-state index in [1.807, 2.05) is 65.3 Å². The fraction of sp³-hybridized carbons (Fsp3) is 0.273. The summed E-state index contributed by atoms with van der Waals surface area (Å²) in [7, 11) is 0. The van der Waals surface area contributed by atoms with Crippen LogP contribution in [0.25, 0.3) is 10.9 Å². The molecule has 3 aromatic rings. The van der Waals surface area contributed by atoms with Crippen molar-refractivity contribution in [3.8, 4) is 0 Å². The molecular weight excluding hydrogens is 338 g/mol. The first-order valence-electron chi connectivity index (χ1n) is 9.35. The van der Waals surface area contributed by atoms with Gasteiger partial charge in [0.1, 0.15) is 0 Å². The molecule has 1 aliphatic heterocycles. The number of nitrogens with zero attached hydrogens (tertiary/aromatic N) is 2. The van der Waals surface area contributed by atoms with Crippen molar-refractivity contribution in [3.63, 3.8) is 0 Å². The van der Waals surface area contributed by atoms with E-state index in [9.17, 15) is 9.59 Å². The van der Waals surface area contributed by atoms with Crippen molar-refractivity contribution in [2.45, 2.75) is 13.3 Å². The molecule has 0 saturated carbocycles. The van der Waals surface area contributed by atoms with E-state index < -0.39 is 0 Å². The first-order valence-corrected chi connectivity index (χ1v) is 9.35. The van der Waals surface area contributed by atoms with E-state index in [1.165, 1.54) is 0 Å². The number of para-hydroxylation sites is 1. The standard InChI is InChI=1S/C22H23N3O2/c1-16-7-2-3-8-17(16)21(26)24-11-6-12-25(14-13-24)22(27)19-15-23-20-10-5-4-9-18(19)20/h2-5,7-10,15,23H,6,11-14H2,1H3. The van der Waals surface area contributed by atoms with Gasteiger partial charge in [0, 0.05) is 48.8 Å². The summed E-state index contributed by atoms with van der Waals surface area (Å²) in [4.78, 5) is 32.8. The molecule has 4 rings (SSSR count). The number of carbonyl (C=O) groups is 2. The van der Waals surface area contributed by atoms with Gasteiger partial charge >= 0.3 is 0 Å². The van der Waals surface area contributed by atoms with Crippen LogP contribution in [0.2, 0.25) is 0 Å². The molecule has 1 aromatic heterocycles. The van der Waals surface area contributed by atoms with Gasteiger partial charge in [-0.1, -0.05) is 36.4 Å². The number of amides is 2. The van der Waals surface area contributed by atoms with Crippen molar-refractivity contribution in [2.75, 3.05) is 26.2 Å². The quantitative estimate of drug-likeness (QED) is 0.760. The highest BCUT2D eigenvalue weighted by atomic mass is 16.2. The van der Waals surface area contributed by atoms with Crippen LogP contribution in [0.15, 0.2) is 54.7 Å². The second-order valence-corrected chi connectivity index (χ2v) is 7.00. The van der Waals surface area contributed by atoms with Gasteiger partial charge in [0.15, 0.2) is 0 Å². The molecular formula is C22H23N3O2. The van der Waals surface area contributed by atoms with Crippen LogP contribution >= 0.6 is 0 Å². The number of H-pyrrole nitrogens is 1. The van der Waals surface area contributed by atoms with Crippen LogP contribution < -0.4 is 0 Å². The maximum Gasteiger partial charge on any atom is 0.256 e. The van der Waals surface area contributed by atoms with E-state index in [-0.39, 0.29) is 11.8 Å². The third-order valence-electron chi connectivity index (χ3n) is 5.27. The highest BCUT2D eigenvalue weighted by Crippen LogP contribution is 2.20. The Morgan fingerprint density at radius 3 is 2.19 bits per heavy atom. The number of benzene rings is 2. The lowest BCUT2D eigenvalue weighted by molar-refractivity contribution is 0.0719. The monoisotopic (exact) mass is 361 g/mol. The van der Waals surface area contributed by atoms with Gasteiger partial charge < -0.3 is 14.8 Å². The van der Waals surface area contributed by atoms with Crippen LogP contribution in [0.3, 0.4) is 0 Å². The molecule has 1 saturated heterocycles. The smallest absolute Gasteiger partial charge is 0.256 e. The summed E-state index contributed by atoms with van der Waals surface area (Å²) in [6.45, 7) is 4.40. The van der Waals surface area contributed by atoms with Crippen LogP contribution in [0, 0.1) is 6.92 Å². The van der Waals surface area contributed by atoms with Gasteiger partial charge in [0.25, 0.3) is 11.8 Å². The van der Waals surface area contributed by atoms with Crippen molar-refractivity contribution < 1.29 is 9.59 Å². The SMILES string of the molecule is Cc1ccccc1C(=O)N1CCCN(C(=O)c2c[nH]c3ccccc23)CC1. The molecule has 2 aromatic carbocycles. The second kappa shape index (κ2) is 7.27. The molecule has 1 fully saturated rings. The van der Waals surface area contributed by atoms with Gasteiger partial charge in [-0.15, -0.1) is 0 Å². The van der Waals surface area contributed by atoms with E-state index in [0.717, 1.165) is 28.5 Å². The zero-order chi connectivity index (χ0) is 18.8. The molecule has 0 spiro atoms. The number of hydrogen-bond donors (Lipinski definition) is 1. The maximum atomic E-state index is 13.0. The number of rotatable bonds is 2. The predicted molar refractivity (Wildman–Crippen MR) is 106 cm³/mol. The molecule has 138 valence electrons. The van der Waals surface area contributed by atoms with Crippen LogP contribution in [-0.4, -0.2) is 52.8 Å². The molecule has 0 bridgehead atoms. The molecule has 0 unspecified atom stereocenters. The summed E-state index contributed by atoms with van der Waals surface area (Å²) >= 11 is 0. The second-order valence-electron chi connectivity index (χ2n) is 7.00. The molecule has 2 amide bonds. The number of aromatic nitrogens is 1. The lowest BCUT2D eigenvalue weighted by Gasteiger charge is -2.22. The van der Waals surface area contributed by atoms with Crippen molar-refractivity contribution in [1.29, 1.82) is 0 Å². The Balaban J connectivity index is 1.49. The third-order valence-corrected chi connectivity index (χ3v) is 5.27. The Morgan fingerprint density at radius 2 is 1.44 bits per heavy atom. The van der Waals surface area contributed by atoms with E-state index in [0.29, 0.717) is 31.7 Å². The molecule has 0 atom stereocenters. The van der Waals surface area contributed by atoms with Gasteiger partial charge in [-0.2, -0.15) is 0 Å². The minimum absolute atomic E-state index is 0.0256. The minimum atomic E-state index is 0.0256.